The third kappa shape index (κ3) is 4.02. The van der Waals surface area contributed by atoms with Crippen LogP contribution in [0.15, 0.2) is 60.7 Å². The number of rotatable bonds is 5. The van der Waals surface area contributed by atoms with Crippen LogP contribution in [0.25, 0.3) is 17.0 Å². The summed E-state index contributed by atoms with van der Waals surface area (Å²) in [7, 11) is 1.53. The van der Waals surface area contributed by atoms with E-state index in [1.54, 1.807) is 24.3 Å². The van der Waals surface area contributed by atoms with Gasteiger partial charge in [0.05, 0.1) is 24.9 Å². The van der Waals surface area contributed by atoms with E-state index in [9.17, 15) is 9.90 Å². The van der Waals surface area contributed by atoms with Crippen LogP contribution in [0.5, 0.6) is 5.75 Å². The van der Waals surface area contributed by atoms with Gasteiger partial charge in [-0.15, -0.1) is 0 Å². The van der Waals surface area contributed by atoms with Gasteiger partial charge in [0.1, 0.15) is 5.75 Å². The maximum absolute atomic E-state index is 12.1. The molecule has 0 aliphatic carbocycles. The molecule has 1 heterocycles. The number of anilines is 1. The first-order valence-electron chi connectivity index (χ1n) is 7.82. The van der Waals surface area contributed by atoms with Crippen molar-refractivity contribution in [1.29, 1.82) is 0 Å². The molecular weight excluding hydrogens is 316 g/mol. The third-order valence-corrected chi connectivity index (χ3v) is 3.74. The summed E-state index contributed by atoms with van der Waals surface area (Å²) in [6.07, 6.45) is 3.10. The van der Waals surface area contributed by atoms with Crippen LogP contribution < -0.4 is 10.1 Å². The normalized spacial score (nSPS) is 11.0. The maximum Gasteiger partial charge on any atom is 0.248 e. The van der Waals surface area contributed by atoms with Crippen molar-refractivity contribution in [2.45, 2.75) is 6.61 Å². The lowest BCUT2D eigenvalue weighted by molar-refractivity contribution is -0.111. The molecule has 1 amide bonds. The Bertz CT molecular complexity index is 935. The van der Waals surface area contributed by atoms with E-state index in [0.717, 1.165) is 10.9 Å². The third-order valence-electron chi connectivity index (χ3n) is 3.74. The van der Waals surface area contributed by atoms with Gasteiger partial charge in [0.2, 0.25) is 5.91 Å². The molecule has 0 unspecified atom stereocenters. The lowest BCUT2D eigenvalue weighted by Crippen LogP contribution is -2.08. The average molecular weight is 334 g/mol. The Balaban J connectivity index is 1.71. The van der Waals surface area contributed by atoms with Crippen molar-refractivity contribution < 1.29 is 14.6 Å². The minimum Gasteiger partial charge on any atom is -0.496 e. The summed E-state index contributed by atoms with van der Waals surface area (Å²) in [5.41, 5.74) is 2.79. The molecular formula is C20H18N2O3. The van der Waals surface area contributed by atoms with E-state index in [2.05, 4.69) is 10.3 Å². The number of nitrogens with one attached hydrogen (secondary N) is 1. The van der Waals surface area contributed by atoms with E-state index in [0.29, 0.717) is 22.7 Å². The maximum atomic E-state index is 12.1. The molecule has 0 radical (unpaired) electrons. The van der Waals surface area contributed by atoms with Crippen molar-refractivity contribution in [3.8, 4) is 5.75 Å². The van der Waals surface area contributed by atoms with E-state index >= 15 is 0 Å². The van der Waals surface area contributed by atoms with Crippen LogP contribution in [0, 0.1) is 0 Å². The molecule has 1 aromatic heterocycles. The number of aromatic nitrogens is 1. The van der Waals surface area contributed by atoms with Crippen molar-refractivity contribution in [3.05, 3.63) is 71.9 Å². The summed E-state index contributed by atoms with van der Waals surface area (Å²) in [4.78, 5) is 16.6. The highest BCUT2D eigenvalue weighted by Gasteiger charge is 2.05. The second-order valence-electron chi connectivity index (χ2n) is 5.44. The first kappa shape index (κ1) is 16.7. The van der Waals surface area contributed by atoms with Crippen molar-refractivity contribution in [1.82, 2.24) is 4.98 Å². The first-order chi connectivity index (χ1) is 12.2. The Morgan fingerprint density at radius 2 is 2.04 bits per heavy atom. The van der Waals surface area contributed by atoms with Gasteiger partial charge >= 0.3 is 0 Å². The van der Waals surface area contributed by atoms with Crippen LogP contribution in [0.1, 0.15) is 11.3 Å². The molecule has 0 aliphatic heterocycles. The summed E-state index contributed by atoms with van der Waals surface area (Å²) in [6.45, 7) is -0.163. The number of hydrogen-bond donors (Lipinski definition) is 2. The van der Waals surface area contributed by atoms with Gasteiger partial charge in [-0.25, -0.2) is 4.98 Å². The predicted molar refractivity (Wildman–Crippen MR) is 98.3 cm³/mol. The lowest BCUT2D eigenvalue weighted by atomic mass is 10.2. The lowest BCUT2D eigenvalue weighted by Gasteiger charge is -2.09. The molecule has 0 saturated carbocycles. The van der Waals surface area contributed by atoms with Crippen LogP contribution in [-0.2, 0) is 11.4 Å². The fourth-order valence-corrected chi connectivity index (χ4v) is 2.50. The van der Waals surface area contributed by atoms with Gasteiger partial charge < -0.3 is 15.2 Å². The number of benzene rings is 2. The number of hydrogen-bond acceptors (Lipinski definition) is 4. The highest BCUT2D eigenvalue weighted by molar-refractivity contribution is 6.02. The molecule has 2 N–H and O–H groups in total. The minimum atomic E-state index is -0.274. The second kappa shape index (κ2) is 7.59. The Kier molecular flexibility index (Phi) is 5.06. The number of amides is 1. The fraction of sp³-hybridized carbons (Fsp3) is 0.100. The zero-order chi connectivity index (χ0) is 17.6. The van der Waals surface area contributed by atoms with Crippen LogP contribution in [-0.4, -0.2) is 23.1 Å². The van der Waals surface area contributed by atoms with Gasteiger partial charge in [-0.2, -0.15) is 0 Å². The summed E-state index contributed by atoms with van der Waals surface area (Å²) in [6, 6.07) is 16.7. The molecule has 3 aromatic rings. The Hall–Kier alpha value is -3.18. The van der Waals surface area contributed by atoms with Gasteiger partial charge in [0, 0.05) is 22.7 Å². The van der Waals surface area contributed by atoms with E-state index < -0.39 is 0 Å². The monoisotopic (exact) mass is 334 g/mol. The number of nitrogens with zero attached hydrogens (tertiary/aromatic N) is 1. The molecule has 0 saturated heterocycles. The predicted octanol–water partition coefficient (Wildman–Crippen LogP) is 3.39. The Labute approximate surface area is 145 Å². The summed E-state index contributed by atoms with van der Waals surface area (Å²) in [5, 5.41) is 13.1. The highest BCUT2D eigenvalue weighted by atomic mass is 16.5. The van der Waals surface area contributed by atoms with Crippen LogP contribution in [0.2, 0.25) is 0 Å². The van der Waals surface area contributed by atoms with E-state index in [4.69, 9.17) is 4.74 Å². The zero-order valence-corrected chi connectivity index (χ0v) is 13.8. The zero-order valence-electron chi connectivity index (χ0n) is 13.8. The average Bonchev–Trinajstić information content (AvgIpc) is 2.66. The first-order valence-corrected chi connectivity index (χ1v) is 7.82. The van der Waals surface area contributed by atoms with Crippen LogP contribution in [0.3, 0.4) is 0 Å². The number of fused-ring (bicyclic) bond motifs is 1. The van der Waals surface area contributed by atoms with E-state index in [-0.39, 0.29) is 12.5 Å². The van der Waals surface area contributed by atoms with Gasteiger partial charge in [-0.3, -0.25) is 4.79 Å². The van der Waals surface area contributed by atoms with Gasteiger partial charge in [-0.1, -0.05) is 24.3 Å². The molecule has 2 aromatic carbocycles. The van der Waals surface area contributed by atoms with Crippen molar-refractivity contribution in [3.63, 3.8) is 0 Å². The topological polar surface area (TPSA) is 71.5 Å². The molecule has 0 aliphatic rings. The van der Waals surface area contributed by atoms with Crippen LogP contribution >= 0.6 is 0 Å². The fourth-order valence-electron chi connectivity index (χ4n) is 2.50. The molecule has 0 atom stereocenters. The highest BCUT2D eigenvalue weighted by Crippen LogP contribution is 2.22. The van der Waals surface area contributed by atoms with Crippen molar-refractivity contribution in [2.75, 3.05) is 12.4 Å². The summed E-state index contributed by atoms with van der Waals surface area (Å²) < 4.78 is 5.14. The number of carbonyl (C=O) groups excluding carboxylic acids is 1. The standard InChI is InChI=1S/C20H18N2O3/c1-25-19-10-8-17(12-15(19)13-23)22-20(24)11-9-16-7-6-14-4-2-3-5-18(14)21-16/h2-12,23H,13H2,1H3,(H,22,24)/b11-9+. The largest absolute Gasteiger partial charge is 0.496 e. The molecule has 5 heteroatoms. The van der Waals surface area contributed by atoms with Gasteiger partial charge in [-0.05, 0) is 36.4 Å². The Morgan fingerprint density at radius 1 is 1.20 bits per heavy atom. The number of carbonyl (C=O) groups is 1. The number of methoxy groups -OCH3 is 1. The SMILES string of the molecule is COc1ccc(NC(=O)/C=C/c2ccc3ccccc3n2)cc1CO. The number of aliphatic hydroxyl groups excluding tert-OH is 1. The van der Waals surface area contributed by atoms with Crippen molar-refractivity contribution in [2.24, 2.45) is 0 Å². The van der Waals surface area contributed by atoms with Crippen LogP contribution in [0.4, 0.5) is 5.69 Å². The number of para-hydroxylation sites is 1. The number of aliphatic hydroxyl groups is 1. The van der Waals surface area contributed by atoms with Crippen molar-refractivity contribution >= 4 is 28.6 Å². The molecule has 0 fully saturated rings. The summed E-state index contributed by atoms with van der Waals surface area (Å²) >= 11 is 0. The molecule has 25 heavy (non-hydrogen) atoms. The molecule has 0 spiro atoms. The minimum absolute atomic E-state index is 0.163. The molecule has 126 valence electrons. The van der Waals surface area contributed by atoms with Gasteiger partial charge in [0.25, 0.3) is 0 Å². The Morgan fingerprint density at radius 3 is 2.84 bits per heavy atom. The quantitative estimate of drug-likeness (QED) is 0.702. The number of pyridine rings is 1. The molecule has 5 nitrogen and oxygen atoms in total. The van der Waals surface area contributed by atoms with E-state index in [1.807, 2.05) is 36.4 Å². The molecule has 0 bridgehead atoms. The smallest absolute Gasteiger partial charge is 0.248 e. The number of ether oxygens (including phenoxy) is 1. The second-order valence-corrected chi connectivity index (χ2v) is 5.44. The molecule has 3 rings (SSSR count). The van der Waals surface area contributed by atoms with E-state index in [1.165, 1.54) is 13.2 Å². The summed E-state index contributed by atoms with van der Waals surface area (Å²) in [5.74, 6) is 0.306. The van der Waals surface area contributed by atoms with Gasteiger partial charge in [0.15, 0.2) is 0 Å².